The molecule has 0 aromatic heterocycles. The number of para-hydroxylation sites is 1. The second-order valence-electron chi connectivity index (χ2n) is 8.29. The Morgan fingerprint density at radius 2 is 2.07 bits per heavy atom. The smallest absolute Gasteiger partial charge is 0.250 e. The van der Waals surface area contributed by atoms with Crippen molar-refractivity contribution >= 4 is 17.5 Å². The lowest BCUT2D eigenvalue weighted by Crippen LogP contribution is -2.54. The van der Waals surface area contributed by atoms with Gasteiger partial charge in [0.05, 0.1) is 19.1 Å². The fourth-order valence-electron chi connectivity index (χ4n) is 5.67. The number of hydrogen-bond acceptors (Lipinski definition) is 5. The number of amides is 2. The molecule has 3 saturated heterocycles. The lowest BCUT2D eigenvalue weighted by molar-refractivity contribution is -0.137. The predicted molar refractivity (Wildman–Crippen MR) is 105 cm³/mol. The zero-order valence-corrected chi connectivity index (χ0v) is 16.2. The van der Waals surface area contributed by atoms with Gasteiger partial charge < -0.3 is 15.4 Å². The second kappa shape index (κ2) is 7.13. The zero-order valence-electron chi connectivity index (χ0n) is 16.2. The van der Waals surface area contributed by atoms with Gasteiger partial charge in [-0.05, 0) is 31.9 Å². The molecule has 0 bridgehead atoms. The molecule has 3 fully saturated rings. The van der Waals surface area contributed by atoms with Crippen LogP contribution >= 0.6 is 0 Å². The van der Waals surface area contributed by atoms with Crippen LogP contribution < -0.4 is 10.6 Å². The van der Waals surface area contributed by atoms with Gasteiger partial charge in [0, 0.05) is 43.5 Å². The Morgan fingerprint density at radius 3 is 2.93 bits per heavy atom. The SMILES string of the molecule is O=C(NCCN1CCOCC1)[C@H]1C[C@H]2CCCN2[C@]12C(=O)Nc1ccccc12. The van der Waals surface area contributed by atoms with Crippen LogP contribution in [0.5, 0.6) is 0 Å². The summed E-state index contributed by atoms with van der Waals surface area (Å²) in [5, 5.41) is 6.19. The van der Waals surface area contributed by atoms with Crippen LogP contribution in [0, 0.1) is 5.92 Å². The minimum Gasteiger partial charge on any atom is -0.379 e. The number of carbonyl (C=O) groups excluding carboxylic acids is 2. The first-order valence-corrected chi connectivity index (χ1v) is 10.5. The molecular formula is C21H28N4O3. The summed E-state index contributed by atoms with van der Waals surface area (Å²) in [4.78, 5) is 31.2. The monoisotopic (exact) mass is 384 g/mol. The molecule has 5 rings (SSSR count). The molecule has 2 N–H and O–H groups in total. The molecule has 28 heavy (non-hydrogen) atoms. The molecule has 4 heterocycles. The van der Waals surface area contributed by atoms with Gasteiger partial charge in [0.15, 0.2) is 0 Å². The molecular weight excluding hydrogens is 356 g/mol. The van der Waals surface area contributed by atoms with Crippen LogP contribution in [0.15, 0.2) is 24.3 Å². The molecule has 3 atom stereocenters. The quantitative estimate of drug-likeness (QED) is 0.802. The first-order valence-electron chi connectivity index (χ1n) is 10.5. The highest BCUT2D eigenvalue weighted by Gasteiger charge is 2.65. The number of hydrogen-bond donors (Lipinski definition) is 2. The first kappa shape index (κ1) is 18.1. The Kier molecular flexibility index (Phi) is 4.61. The van der Waals surface area contributed by atoms with E-state index < -0.39 is 5.54 Å². The number of carbonyl (C=O) groups is 2. The van der Waals surface area contributed by atoms with E-state index in [1.165, 1.54) is 0 Å². The molecule has 4 aliphatic rings. The van der Waals surface area contributed by atoms with Crippen LogP contribution in [-0.4, -0.2) is 73.6 Å². The van der Waals surface area contributed by atoms with Gasteiger partial charge in [-0.2, -0.15) is 0 Å². The number of anilines is 1. The third-order valence-electron chi connectivity index (χ3n) is 6.92. The molecule has 7 nitrogen and oxygen atoms in total. The van der Waals surface area contributed by atoms with Crippen LogP contribution in [0.4, 0.5) is 5.69 Å². The van der Waals surface area contributed by atoms with Crippen molar-refractivity contribution < 1.29 is 14.3 Å². The average molecular weight is 384 g/mol. The van der Waals surface area contributed by atoms with E-state index in [9.17, 15) is 9.59 Å². The average Bonchev–Trinajstić information content (AvgIpc) is 3.37. The highest BCUT2D eigenvalue weighted by Crippen LogP contribution is 2.55. The van der Waals surface area contributed by atoms with E-state index in [1.54, 1.807) is 0 Å². The topological polar surface area (TPSA) is 73.9 Å². The van der Waals surface area contributed by atoms with Gasteiger partial charge in [-0.15, -0.1) is 0 Å². The summed E-state index contributed by atoms with van der Waals surface area (Å²) in [7, 11) is 0. The molecule has 1 aromatic rings. The molecule has 1 spiro atoms. The molecule has 7 heteroatoms. The van der Waals surface area contributed by atoms with E-state index in [4.69, 9.17) is 4.74 Å². The molecule has 0 radical (unpaired) electrons. The maximum Gasteiger partial charge on any atom is 0.250 e. The summed E-state index contributed by atoms with van der Waals surface area (Å²) >= 11 is 0. The fraction of sp³-hybridized carbons (Fsp3) is 0.619. The van der Waals surface area contributed by atoms with Crippen molar-refractivity contribution in [2.45, 2.75) is 30.8 Å². The maximum atomic E-state index is 13.3. The summed E-state index contributed by atoms with van der Waals surface area (Å²) in [5.41, 5.74) is 0.977. The second-order valence-corrected chi connectivity index (χ2v) is 8.29. The van der Waals surface area contributed by atoms with E-state index in [0.717, 1.165) is 69.9 Å². The third kappa shape index (κ3) is 2.68. The minimum atomic E-state index is -0.846. The van der Waals surface area contributed by atoms with Crippen molar-refractivity contribution in [2.75, 3.05) is 51.3 Å². The number of benzene rings is 1. The van der Waals surface area contributed by atoms with Crippen LogP contribution in [0.25, 0.3) is 0 Å². The van der Waals surface area contributed by atoms with Gasteiger partial charge in [-0.25, -0.2) is 0 Å². The van der Waals surface area contributed by atoms with Gasteiger partial charge in [0.1, 0.15) is 5.54 Å². The first-order chi connectivity index (χ1) is 13.7. The van der Waals surface area contributed by atoms with Crippen LogP contribution in [0.1, 0.15) is 24.8 Å². The Morgan fingerprint density at radius 1 is 1.25 bits per heavy atom. The van der Waals surface area contributed by atoms with Crippen LogP contribution in [-0.2, 0) is 19.9 Å². The van der Waals surface area contributed by atoms with E-state index in [1.807, 2.05) is 24.3 Å². The van der Waals surface area contributed by atoms with E-state index in [2.05, 4.69) is 20.4 Å². The number of nitrogens with zero attached hydrogens (tertiary/aromatic N) is 2. The van der Waals surface area contributed by atoms with Crippen molar-refractivity contribution in [3.05, 3.63) is 29.8 Å². The Labute approximate surface area is 165 Å². The lowest BCUT2D eigenvalue weighted by Gasteiger charge is -2.36. The molecule has 1 aromatic carbocycles. The third-order valence-corrected chi connectivity index (χ3v) is 6.92. The summed E-state index contributed by atoms with van der Waals surface area (Å²) in [6.07, 6.45) is 2.91. The maximum absolute atomic E-state index is 13.3. The van der Waals surface area contributed by atoms with Gasteiger partial charge in [-0.1, -0.05) is 18.2 Å². The standard InChI is InChI=1S/C21H28N4O3/c26-19(22-7-9-24-10-12-28-13-11-24)17-14-15-4-3-8-25(15)21(17)16-5-1-2-6-18(16)23-20(21)27/h1-2,5-6,15,17H,3-4,7-14H2,(H,22,26)(H,23,27)/t15-,17-,21+/m1/s1. The highest BCUT2D eigenvalue weighted by atomic mass is 16.5. The lowest BCUT2D eigenvalue weighted by atomic mass is 9.78. The summed E-state index contributed by atoms with van der Waals surface area (Å²) < 4.78 is 5.38. The number of morpholine rings is 1. The zero-order chi connectivity index (χ0) is 19.1. The molecule has 2 amide bonds. The normalized spacial score (nSPS) is 32.4. The van der Waals surface area contributed by atoms with Crippen molar-refractivity contribution in [3.8, 4) is 0 Å². The van der Waals surface area contributed by atoms with Crippen LogP contribution in [0.2, 0.25) is 0 Å². The van der Waals surface area contributed by atoms with Gasteiger partial charge in [0.25, 0.3) is 0 Å². The Balaban J connectivity index is 1.37. The van der Waals surface area contributed by atoms with Crippen molar-refractivity contribution in [1.29, 1.82) is 0 Å². The number of ether oxygens (including phenoxy) is 1. The molecule has 4 aliphatic heterocycles. The van der Waals surface area contributed by atoms with Gasteiger partial charge >= 0.3 is 0 Å². The largest absolute Gasteiger partial charge is 0.379 e. The van der Waals surface area contributed by atoms with E-state index in [0.29, 0.717) is 12.6 Å². The summed E-state index contributed by atoms with van der Waals surface area (Å²) in [6.45, 7) is 5.65. The Hall–Kier alpha value is -1.96. The minimum absolute atomic E-state index is 0.00881. The number of nitrogens with one attached hydrogen (secondary N) is 2. The highest BCUT2D eigenvalue weighted by molar-refractivity contribution is 6.09. The summed E-state index contributed by atoms with van der Waals surface area (Å²) in [6, 6.07) is 8.18. The Bertz CT molecular complexity index is 779. The van der Waals surface area contributed by atoms with Gasteiger partial charge in [-0.3, -0.25) is 19.4 Å². The fourth-order valence-corrected chi connectivity index (χ4v) is 5.67. The molecule has 0 saturated carbocycles. The summed E-state index contributed by atoms with van der Waals surface area (Å²) in [5.74, 6) is -0.368. The van der Waals surface area contributed by atoms with Gasteiger partial charge in [0.2, 0.25) is 11.8 Å². The molecule has 150 valence electrons. The van der Waals surface area contributed by atoms with Crippen LogP contribution in [0.3, 0.4) is 0 Å². The van der Waals surface area contributed by atoms with Crippen molar-refractivity contribution in [3.63, 3.8) is 0 Å². The molecule has 0 aliphatic carbocycles. The van der Waals surface area contributed by atoms with Crippen molar-refractivity contribution in [1.82, 2.24) is 15.1 Å². The van der Waals surface area contributed by atoms with E-state index in [-0.39, 0.29) is 17.7 Å². The number of fused-ring (bicyclic) bond motifs is 4. The van der Waals surface area contributed by atoms with Crippen molar-refractivity contribution in [2.24, 2.45) is 5.92 Å². The predicted octanol–water partition coefficient (Wildman–Crippen LogP) is 0.767. The molecule has 0 unspecified atom stereocenters. The number of rotatable bonds is 4. The van der Waals surface area contributed by atoms with E-state index >= 15 is 0 Å².